The smallest absolute Gasteiger partial charge is 0.224 e. The van der Waals surface area contributed by atoms with E-state index in [1.807, 2.05) is 25.1 Å². The van der Waals surface area contributed by atoms with Gasteiger partial charge in [-0.2, -0.15) is 0 Å². The van der Waals surface area contributed by atoms with Gasteiger partial charge in [0.05, 0.1) is 11.7 Å². The molecule has 0 saturated heterocycles. The van der Waals surface area contributed by atoms with Gasteiger partial charge in [-0.1, -0.05) is 6.07 Å². The van der Waals surface area contributed by atoms with Crippen molar-refractivity contribution in [2.45, 2.75) is 13.0 Å². The Kier molecular flexibility index (Phi) is 3.31. The zero-order chi connectivity index (χ0) is 11.4. The van der Waals surface area contributed by atoms with Crippen LogP contribution < -0.4 is 5.32 Å². The predicted molar refractivity (Wildman–Crippen MR) is 63.3 cm³/mol. The van der Waals surface area contributed by atoms with Crippen molar-refractivity contribution in [3.05, 3.63) is 47.6 Å². The van der Waals surface area contributed by atoms with Gasteiger partial charge in [0.25, 0.3) is 0 Å². The molecule has 0 aliphatic carbocycles. The summed E-state index contributed by atoms with van der Waals surface area (Å²) in [5.74, 6) is 0.693. The summed E-state index contributed by atoms with van der Waals surface area (Å²) in [6, 6.07) is 7.64. The normalized spacial score (nSPS) is 12.1. The number of hydrogen-bond donors (Lipinski definition) is 1. The molecule has 2 rings (SSSR count). The Morgan fingerprint density at radius 1 is 1.19 bits per heavy atom. The van der Waals surface area contributed by atoms with Crippen molar-refractivity contribution in [1.29, 1.82) is 0 Å². The van der Waals surface area contributed by atoms with E-state index in [9.17, 15) is 0 Å². The molecule has 2 aromatic heterocycles. The molecule has 2 heterocycles. The van der Waals surface area contributed by atoms with Crippen LogP contribution >= 0.6 is 11.6 Å². The highest BCUT2D eigenvalue weighted by Crippen LogP contribution is 2.15. The second-order valence-corrected chi connectivity index (χ2v) is 3.67. The van der Waals surface area contributed by atoms with E-state index in [1.165, 1.54) is 0 Å². The molecule has 0 spiro atoms. The van der Waals surface area contributed by atoms with E-state index in [2.05, 4.69) is 20.3 Å². The number of hydrogen-bond acceptors (Lipinski definition) is 4. The number of halogens is 1. The summed E-state index contributed by atoms with van der Waals surface area (Å²) in [4.78, 5) is 12.1. The number of nitrogens with zero attached hydrogens (tertiary/aromatic N) is 3. The van der Waals surface area contributed by atoms with Crippen LogP contribution in [-0.4, -0.2) is 15.0 Å². The third-order valence-corrected chi connectivity index (χ3v) is 2.30. The largest absolute Gasteiger partial charge is 0.362 e. The SMILES string of the molecule is CC(Nc1ccnc(Cl)n1)c1ccccn1. The molecule has 0 bridgehead atoms. The highest BCUT2D eigenvalue weighted by molar-refractivity contribution is 6.28. The van der Waals surface area contributed by atoms with Crippen LogP contribution in [0.4, 0.5) is 5.82 Å². The summed E-state index contributed by atoms with van der Waals surface area (Å²) in [7, 11) is 0. The molecule has 0 fully saturated rings. The standard InChI is InChI=1S/C11H11ClN4/c1-8(9-4-2-3-6-13-9)15-10-5-7-14-11(12)16-10/h2-8H,1H3,(H,14,15,16). The van der Waals surface area contributed by atoms with Gasteiger partial charge >= 0.3 is 0 Å². The van der Waals surface area contributed by atoms with Gasteiger partial charge < -0.3 is 5.32 Å². The fourth-order valence-electron chi connectivity index (χ4n) is 1.34. The van der Waals surface area contributed by atoms with Crippen molar-refractivity contribution in [2.24, 2.45) is 0 Å². The van der Waals surface area contributed by atoms with Gasteiger partial charge in [-0.15, -0.1) is 0 Å². The maximum Gasteiger partial charge on any atom is 0.224 e. The second kappa shape index (κ2) is 4.90. The molecule has 0 aliphatic rings. The van der Waals surface area contributed by atoms with Gasteiger partial charge in [-0.05, 0) is 36.7 Å². The average molecular weight is 235 g/mol. The Balaban J connectivity index is 2.11. The van der Waals surface area contributed by atoms with Crippen molar-refractivity contribution < 1.29 is 0 Å². The molecular formula is C11H11ClN4. The zero-order valence-electron chi connectivity index (χ0n) is 8.76. The predicted octanol–water partition coefficient (Wildman–Crippen LogP) is 2.70. The third-order valence-electron chi connectivity index (χ3n) is 2.12. The molecule has 1 atom stereocenters. The second-order valence-electron chi connectivity index (χ2n) is 3.33. The van der Waals surface area contributed by atoms with E-state index in [0.717, 1.165) is 5.69 Å². The molecule has 82 valence electrons. The maximum atomic E-state index is 5.70. The van der Waals surface area contributed by atoms with Gasteiger partial charge in [0.1, 0.15) is 5.82 Å². The third kappa shape index (κ3) is 2.67. The minimum Gasteiger partial charge on any atom is -0.362 e. The molecule has 0 aliphatic heterocycles. The zero-order valence-corrected chi connectivity index (χ0v) is 9.52. The number of pyridine rings is 1. The van der Waals surface area contributed by atoms with Crippen LogP contribution in [0.2, 0.25) is 5.28 Å². The van der Waals surface area contributed by atoms with Crippen LogP contribution in [0.3, 0.4) is 0 Å². The minimum absolute atomic E-state index is 0.0761. The van der Waals surface area contributed by atoms with Gasteiger partial charge in [0, 0.05) is 12.4 Å². The molecule has 16 heavy (non-hydrogen) atoms. The van der Waals surface area contributed by atoms with E-state index in [0.29, 0.717) is 5.82 Å². The Labute approximate surface area is 98.7 Å². The molecule has 0 radical (unpaired) electrons. The molecule has 2 aromatic rings. The van der Waals surface area contributed by atoms with E-state index in [4.69, 9.17) is 11.6 Å². The summed E-state index contributed by atoms with van der Waals surface area (Å²) in [6.07, 6.45) is 3.38. The van der Waals surface area contributed by atoms with Crippen molar-refractivity contribution in [2.75, 3.05) is 5.32 Å². The first-order valence-corrected chi connectivity index (χ1v) is 5.29. The lowest BCUT2D eigenvalue weighted by Crippen LogP contribution is -2.09. The van der Waals surface area contributed by atoms with Crippen LogP contribution in [0.5, 0.6) is 0 Å². The van der Waals surface area contributed by atoms with Crippen molar-refractivity contribution in [1.82, 2.24) is 15.0 Å². The van der Waals surface area contributed by atoms with Gasteiger partial charge in [-0.3, -0.25) is 4.98 Å². The monoisotopic (exact) mass is 234 g/mol. The van der Waals surface area contributed by atoms with Crippen molar-refractivity contribution in [3.8, 4) is 0 Å². The van der Waals surface area contributed by atoms with Gasteiger partial charge in [-0.25, -0.2) is 9.97 Å². The fraction of sp³-hybridized carbons (Fsp3) is 0.182. The van der Waals surface area contributed by atoms with Crippen LogP contribution in [0.15, 0.2) is 36.7 Å². The summed E-state index contributed by atoms with van der Waals surface area (Å²) >= 11 is 5.70. The summed E-state index contributed by atoms with van der Waals surface area (Å²) in [6.45, 7) is 2.01. The van der Waals surface area contributed by atoms with Crippen molar-refractivity contribution in [3.63, 3.8) is 0 Å². The highest BCUT2D eigenvalue weighted by Gasteiger charge is 2.06. The lowest BCUT2D eigenvalue weighted by Gasteiger charge is -2.13. The lowest BCUT2D eigenvalue weighted by atomic mass is 10.2. The molecule has 0 saturated carbocycles. The Morgan fingerprint density at radius 3 is 2.75 bits per heavy atom. The fourth-order valence-corrected chi connectivity index (χ4v) is 1.49. The number of anilines is 1. The lowest BCUT2D eigenvalue weighted by molar-refractivity contribution is 0.830. The molecule has 0 amide bonds. The maximum absolute atomic E-state index is 5.70. The Hall–Kier alpha value is -1.68. The summed E-state index contributed by atoms with van der Waals surface area (Å²) in [5, 5.41) is 3.44. The average Bonchev–Trinajstić information content (AvgIpc) is 2.30. The number of rotatable bonds is 3. The van der Waals surface area contributed by atoms with Gasteiger partial charge in [0.15, 0.2) is 0 Å². The molecule has 5 heteroatoms. The first kappa shape index (κ1) is 10.8. The summed E-state index contributed by atoms with van der Waals surface area (Å²) < 4.78 is 0. The first-order valence-electron chi connectivity index (χ1n) is 4.92. The van der Waals surface area contributed by atoms with Crippen molar-refractivity contribution >= 4 is 17.4 Å². The minimum atomic E-state index is 0.0761. The Bertz CT molecular complexity index is 461. The topological polar surface area (TPSA) is 50.7 Å². The Morgan fingerprint density at radius 2 is 2.06 bits per heavy atom. The molecular weight excluding hydrogens is 224 g/mol. The van der Waals surface area contributed by atoms with E-state index in [-0.39, 0.29) is 11.3 Å². The molecule has 1 N–H and O–H groups in total. The number of nitrogens with one attached hydrogen (secondary N) is 1. The van der Waals surface area contributed by atoms with Crippen LogP contribution in [-0.2, 0) is 0 Å². The van der Waals surface area contributed by atoms with Crippen LogP contribution in [0.1, 0.15) is 18.7 Å². The summed E-state index contributed by atoms with van der Waals surface area (Å²) in [5.41, 5.74) is 0.956. The van der Waals surface area contributed by atoms with Crippen LogP contribution in [0.25, 0.3) is 0 Å². The van der Waals surface area contributed by atoms with E-state index >= 15 is 0 Å². The number of aromatic nitrogens is 3. The van der Waals surface area contributed by atoms with E-state index in [1.54, 1.807) is 18.5 Å². The molecule has 1 unspecified atom stereocenters. The molecule has 0 aromatic carbocycles. The van der Waals surface area contributed by atoms with E-state index < -0.39 is 0 Å². The first-order chi connectivity index (χ1) is 7.75. The highest BCUT2D eigenvalue weighted by atomic mass is 35.5. The van der Waals surface area contributed by atoms with Crippen LogP contribution in [0, 0.1) is 0 Å². The van der Waals surface area contributed by atoms with Gasteiger partial charge in [0.2, 0.25) is 5.28 Å². The quantitative estimate of drug-likeness (QED) is 0.830. The molecule has 4 nitrogen and oxygen atoms in total.